The van der Waals surface area contributed by atoms with Gasteiger partial charge >= 0.3 is 0 Å². The van der Waals surface area contributed by atoms with Crippen molar-refractivity contribution in [2.24, 2.45) is 0 Å². The number of thioether (sulfide) groups is 1. The summed E-state index contributed by atoms with van der Waals surface area (Å²) in [5, 5.41) is 0.409. The van der Waals surface area contributed by atoms with Crippen molar-refractivity contribution in [3.8, 4) is 0 Å². The van der Waals surface area contributed by atoms with Gasteiger partial charge in [-0.05, 0) is 17.4 Å². The Morgan fingerprint density at radius 2 is 2.13 bits per heavy atom. The fourth-order valence-electron chi connectivity index (χ4n) is 1.40. The quantitative estimate of drug-likeness (QED) is 0.610. The average Bonchev–Trinajstić information content (AvgIpc) is 2.28. The molecular formula is C11H12BrClOS. The SMILES string of the molecule is CSc1c(CCl)cccc1CC(=O)CBr. The molecule has 0 atom stereocenters. The Kier molecular flexibility index (Phi) is 5.72. The molecule has 4 heteroatoms. The van der Waals surface area contributed by atoms with E-state index in [4.69, 9.17) is 11.6 Å². The summed E-state index contributed by atoms with van der Waals surface area (Å²) in [4.78, 5) is 12.5. The third kappa shape index (κ3) is 3.51. The molecule has 1 nitrogen and oxygen atoms in total. The fourth-order valence-corrected chi connectivity index (χ4v) is 2.71. The lowest BCUT2D eigenvalue weighted by atomic mass is 10.1. The Morgan fingerprint density at radius 3 is 2.67 bits per heavy atom. The topological polar surface area (TPSA) is 17.1 Å². The molecule has 1 aromatic rings. The van der Waals surface area contributed by atoms with Gasteiger partial charge in [0.05, 0.1) is 5.33 Å². The molecule has 15 heavy (non-hydrogen) atoms. The molecule has 0 N–H and O–H groups in total. The highest BCUT2D eigenvalue weighted by Crippen LogP contribution is 2.26. The zero-order valence-corrected chi connectivity index (χ0v) is 11.6. The molecule has 0 heterocycles. The lowest BCUT2D eigenvalue weighted by Gasteiger charge is -2.10. The molecule has 0 spiro atoms. The van der Waals surface area contributed by atoms with E-state index < -0.39 is 0 Å². The molecule has 0 aliphatic carbocycles. The average molecular weight is 308 g/mol. The monoisotopic (exact) mass is 306 g/mol. The van der Waals surface area contributed by atoms with Crippen LogP contribution in [0.3, 0.4) is 0 Å². The van der Waals surface area contributed by atoms with Crippen LogP contribution in [0.2, 0.25) is 0 Å². The minimum absolute atomic E-state index is 0.192. The van der Waals surface area contributed by atoms with Gasteiger partial charge in [-0.1, -0.05) is 34.1 Å². The maximum atomic E-state index is 11.4. The Bertz CT molecular complexity index is 354. The van der Waals surface area contributed by atoms with Gasteiger partial charge in [0.2, 0.25) is 0 Å². The third-order valence-corrected chi connectivity index (χ3v) is 3.91. The largest absolute Gasteiger partial charge is 0.298 e. The first-order valence-electron chi connectivity index (χ1n) is 4.51. The fraction of sp³-hybridized carbons (Fsp3) is 0.364. The molecule has 0 amide bonds. The number of halogens is 2. The lowest BCUT2D eigenvalue weighted by Crippen LogP contribution is -2.05. The van der Waals surface area contributed by atoms with Crippen LogP contribution in [-0.2, 0) is 17.1 Å². The van der Waals surface area contributed by atoms with Crippen molar-refractivity contribution in [1.29, 1.82) is 0 Å². The van der Waals surface area contributed by atoms with Crippen LogP contribution in [-0.4, -0.2) is 17.4 Å². The van der Waals surface area contributed by atoms with E-state index in [1.165, 1.54) is 0 Å². The van der Waals surface area contributed by atoms with E-state index in [9.17, 15) is 4.79 Å². The molecular weight excluding hydrogens is 296 g/mol. The second-order valence-corrected chi connectivity index (χ2v) is 4.74. The Hall–Kier alpha value is 0.01000. The van der Waals surface area contributed by atoms with Gasteiger partial charge in [-0.25, -0.2) is 0 Å². The van der Waals surface area contributed by atoms with E-state index in [-0.39, 0.29) is 5.78 Å². The number of carbonyl (C=O) groups is 1. The zero-order valence-electron chi connectivity index (χ0n) is 8.43. The number of benzene rings is 1. The molecule has 0 aliphatic rings. The van der Waals surface area contributed by atoms with Gasteiger partial charge in [0.25, 0.3) is 0 Å². The molecule has 1 aromatic carbocycles. The predicted molar refractivity (Wildman–Crippen MR) is 70.3 cm³/mol. The van der Waals surface area contributed by atoms with Crippen molar-refractivity contribution < 1.29 is 4.79 Å². The highest BCUT2D eigenvalue weighted by atomic mass is 79.9. The molecule has 1 rings (SSSR count). The number of Topliss-reactive ketones (excluding diaryl/α,β-unsaturated/α-hetero) is 1. The smallest absolute Gasteiger partial charge is 0.147 e. The van der Waals surface area contributed by atoms with E-state index in [1.807, 2.05) is 24.5 Å². The summed E-state index contributed by atoms with van der Waals surface area (Å²) in [6.45, 7) is 0. The van der Waals surface area contributed by atoms with Crippen molar-refractivity contribution >= 4 is 45.1 Å². The van der Waals surface area contributed by atoms with Gasteiger partial charge in [0, 0.05) is 17.2 Å². The van der Waals surface area contributed by atoms with E-state index >= 15 is 0 Å². The van der Waals surface area contributed by atoms with Gasteiger partial charge in [-0.15, -0.1) is 23.4 Å². The standard InChI is InChI=1S/C11H12BrClOS/c1-15-11-8(5-10(14)6-12)3-2-4-9(11)7-13/h2-4H,5-7H2,1H3. The molecule has 0 aromatic heterocycles. The summed E-state index contributed by atoms with van der Waals surface area (Å²) < 4.78 is 0. The van der Waals surface area contributed by atoms with Crippen LogP contribution in [0.4, 0.5) is 0 Å². The first-order valence-corrected chi connectivity index (χ1v) is 7.39. The number of hydrogen-bond donors (Lipinski definition) is 0. The Morgan fingerprint density at radius 1 is 1.47 bits per heavy atom. The highest BCUT2D eigenvalue weighted by molar-refractivity contribution is 9.09. The molecule has 0 unspecified atom stereocenters. The second kappa shape index (κ2) is 6.56. The molecule has 0 aliphatic heterocycles. The van der Waals surface area contributed by atoms with E-state index in [0.717, 1.165) is 16.0 Å². The van der Waals surface area contributed by atoms with E-state index in [1.54, 1.807) is 11.8 Å². The first kappa shape index (κ1) is 13.1. The summed E-state index contributed by atoms with van der Waals surface area (Å²) in [7, 11) is 0. The van der Waals surface area contributed by atoms with Gasteiger partial charge < -0.3 is 0 Å². The van der Waals surface area contributed by atoms with Crippen molar-refractivity contribution in [3.63, 3.8) is 0 Å². The van der Waals surface area contributed by atoms with Crippen molar-refractivity contribution in [3.05, 3.63) is 29.3 Å². The Balaban J connectivity index is 3.00. The molecule has 82 valence electrons. The van der Waals surface area contributed by atoms with Crippen LogP contribution < -0.4 is 0 Å². The van der Waals surface area contributed by atoms with Crippen LogP contribution in [0.25, 0.3) is 0 Å². The first-order chi connectivity index (χ1) is 7.22. The summed E-state index contributed by atoms with van der Waals surface area (Å²) >= 11 is 10.7. The van der Waals surface area contributed by atoms with Gasteiger partial charge in [0.15, 0.2) is 0 Å². The summed E-state index contributed by atoms with van der Waals surface area (Å²) in [5.41, 5.74) is 2.18. The summed E-state index contributed by atoms with van der Waals surface area (Å²) in [6.07, 6.45) is 2.49. The van der Waals surface area contributed by atoms with Crippen molar-refractivity contribution in [2.45, 2.75) is 17.2 Å². The van der Waals surface area contributed by atoms with Crippen LogP contribution in [0.1, 0.15) is 11.1 Å². The summed E-state index contributed by atoms with van der Waals surface area (Å²) in [5.74, 6) is 0.684. The van der Waals surface area contributed by atoms with Crippen LogP contribution in [0.15, 0.2) is 23.1 Å². The van der Waals surface area contributed by atoms with Crippen molar-refractivity contribution in [2.75, 3.05) is 11.6 Å². The predicted octanol–water partition coefficient (Wildman–Crippen LogP) is 3.65. The number of ketones is 1. The van der Waals surface area contributed by atoms with Gasteiger partial charge in [-0.3, -0.25) is 4.79 Å². The molecule has 0 saturated carbocycles. The zero-order chi connectivity index (χ0) is 11.3. The van der Waals surface area contributed by atoms with Gasteiger partial charge in [0.1, 0.15) is 5.78 Å². The normalized spacial score (nSPS) is 10.3. The van der Waals surface area contributed by atoms with Crippen LogP contribution in [0, 0.1) is 0 Å². The Labute approximate surface area is 108 Å². The second-order valence-electron chi connectivity index (χ2n) is 3.09. The maximum absolute atomic E-state index is 11.4. The number of alkyl halides is 2. The molecule has 0 bridgehead atoms. The van der Waals surface area contributed by atoms with E-state index in [0.29, 0.717) is 17.6 Å². The minimum Gasteiger partial charge on any atom is -0.298 e. The van der Waals surface area contributed by atoms with Gasteiger partial charge in [-0.2, -0.15) is 0 Å². The maximum Gasteiger partial charge on any atom is 0.147 e. The minimum atomic E-state index is 0.192. The van der Waals surface area contributed by atoms with Crippen LogP contribution >= 0.6 is 39.3 Å². The third-order valence-electron chi connectivity index (χ3n) is 2.06. The van der Waals surface area contributed by atoms with E-state index in [2.05, 4.69) is 15.9 Å². The number of hydrogen-bond acceptors (Lipinski definition) is 2. The molecule has 0 saturated heterocycles. The van der Waals surface area contributed by atoms with Crippen molar-refractivity contribution in [1.82, 2.24) is 0 Å². The number of rotatable bonds is 5. The van der Waals surface area contributed by atoms with Crippen LogP contribution in [0.5, 0.6) is 0 Å². The molecule has 0 fully saturated rings. The lowest BCUT2D eigenvalue weighted by molar-refractivity contribution is -0.115. The highest BCUT2D eigenvalue weighted by Gasteiger charge is 2.09. The molecule has 0 radical (unpaired) electrons. The number of carbonyl (C=O) groups excluding carboxylic acids is 1. The summed E-state index contributed by atoms with van der Waals surface area (Å²) in [6, 6.07) is 5.94.